The van der Waals surface area contributed by atoms with E-state index in [0.717, 1.165) is 45.8 Å². The van der Waals surface area contributed by atoms with Gasteiger partial charge < -0.3 is 62.1 Å². The first-order valence-electron chi connectivity index (χ1n) is 23.1. The molecular formula is C50H78N8O11. The minimum atomic E-state index is -1.14. The van der Waals surface area contributed by atoms with Crippen molar-refractivity contribution < 1.29 is 53.9 Å². The third-order valence-corrected chi connectivity index (χ3v) is 10.4. The molecule has 4 amide bonds. The molecule has 0 aliphatic carbocycles. The van der Waals surface area contributed by atoms with E-state index in [1.54, 1.807) is 0 Å². The summed E-state index contributed by atoms with van der Waals surface area (Å²) in [6.45, 7) is 13.7. The Labute approximate surface area is 405 Å². The minimum Gasteiger partial charge on any atom is -0.483 e. The van der Waals surface area contributed by atoms with E-state index in [1.807, 2.05) is 102 Å². The van der Waals surface area contributed by atoms with Crippen LogP contribution in [-0.4, -0.2) is 119 Å². The number of nitrogens with one attached hydrogen (secondary N) is 6. The summed E-state index contributed by atoms with van der Waals surface area (Å²) in [4.78, 5) is 85.7. The Morgan fingerprint density at radius 1 is 0.652 bits per heavy atom. The van der Waals surface area contributed by atoms with Crippen molar-refractivity contribution in [2.45, 2.75) is 154 Å². The molecule has 0 spiro atoms. The van der Waals surface area contributed by atoms with Gasteiger partial charge in [-0.3, -0.25) is 19.2 Å². The topological polar surface area (TPSA) is 311 Å². The van der Waals surface area contributed by atoms with Gasteiger partial charge in [0.2, 0.25) is 23.6 Å². The first-order valence-corrected chi connectivity index (χ1v) is 23.1. The van der Waals surface area contributed by atoms with Crippen molar-refractivity contribution in [2.75, 3.05) is 20.8 Å². The van der Waals surface area contributed by atoms with E-state index in [2.05, 4.69) is 43.2 Å². The molecule has 0 saturated carbocycles. The quantitative estimate of drug-likeness (QED) is 0.0227. The van der Waals surface area contributed by atoms with Crippen molar-refractivity contribution in [2.24, 2.45) is 10.7 Å². The number of unbranched alkanes of at least 4 members (excludes halogenated alkanes) is 6. The fourth-order valence-corrected chi connectivity index (χ4v) is 7.19. The van der Waals surface area contributed by atoms with E-state index in [9.17, 15) is 28.8 Å². The highest BCUT2D eigenvalue weighted by atomic mass is 16.5. The molecule has 4 rings (SSSR count). The zero-order valence-electron chi connectivity index (χ0n) is 41.8. The molecule has 2 heterocycles. The van der Waals surface area contributed by atoms with Crippen LogP contribution in [0.2, 0.25) is 0 Å². The van der Waals surface area contributed by atoms with Crippen LogP contribution in [0, 0.1) is 0 Å². The maximum Gasteiger partial charge on any atom is 0.328 e. The number of carbonyl (C=O) groups is 6. The SMILES string of the molecule is CCCCCCCCCOC=N[C@@H](Cc1c[nH]c2ccccc12)C(=O)N[C@@H](CC(=O)NC(C)(C)C)C(=O)OC.COC(=O)[C@H](CC(=O)NC(C)(C)C)NC(=O)[C@@H](N)Cc1c[nH]c2ccccc12.O.O. The number of ether oxygens (including phenoxy) is 3. The van der Waals surface area contributed by atoms with Crippen LogP contribution in [0.1, 0.15) is 117 Å². The number of aliphatic imine (C=N–C) groups is 1. The molecular weight excluding hydrogens is 889 g/mol. The van der Waals surface area contributed by atoms with E-state index >= 15 is 0 Å². The van der Waals surface area contributed by atoms with Crippen molar-refractivity contribution in [1.82, 2.24) is 31.2 Å². The largest absolute Gasteiger partial charge is 0.483 e. The molecule has 19 nitrogen and oxygen atoms in total. The van der Waals surface area contributed by atoms with Gasteiger partial charge in [-0.1, -0.05) is 81.8 Å². The fourth-order valence-electron chi connectivity index (χ4n) is 7.19. The number of benzene rings is 2. The number of nitrogens with zero attached hydrogens (tertiary/aromatic N) is 1. The summed E-state index contributed by atoms with van der Waals surface area (Å²) in [7, 11) is 2.43. The van der Waals surface area contributed by atoms with Crippen LogP contribution in [0.25, 0.3) is 21.8 Å². The minimum absolute atomic E-state index is 0. The van der Waals surface area contributed by atoms with Crippen LogP contribution < -0.4 is 27.0 Å². The average molecular weight is 967 g/mol. The van der Waals surface area contributed by atoms with Gasteiger partial charge in [0.05, 0.1) is 39.7 Å². The second-order valence-corrected chi connectivity index (χ2v) is 18.7. The lowest BCUT2D eigenvalue weighted by atomic mass is 10.0. The molecule has 2 aromatic carbocycles. The predicted molar refractivity (Wildman–Crippen MR) is 268 cm³/mol. The summed E-state index contributed by atoms with van der Waals surface area (Å²) in [6, 6.07) is 11.5. The highest BCUT2D eigenvalue weighted by Crippen LogP contribution is 2.21. The van der Waals surface area contributed by atoms with Crippen molar-refractivity contribution >= 4 is 63.8 Å². The first kappa shape index (κ1) is 60.7. The molecule has 0 fully saturated rings. The van der Waals surface area contributed by atoms with E-state index in [4.69, 9.17) is 19.9 Å². The Kier molecular flexibility index (Phi) is 26.6. The number of esters is 2. The maximum absolute atomic E-state index is 13.4. The highest BCUT2D eigenvalue weighted by Gasteiger charge is 2.31. The summed E-state index contributed by atoms with van der Waals surface area (Å²) in [5, 5.41) is 12.7. The summed E-state index contributed by atoms with van der Waals surface area (Å²) in [6.07, 6.45) is 13.3. The zero-order chi connectivity index (χ0) is 49.6. The Morgan fingerprint density at radius 2 is 1.09 bits per heavy atom. The summed E-state index contributed by atoms with van der Waals surface area (Å²) < 4.78 is 15.2. The number of amides is 4. The lowest BCUT2D eigenvalue weighted by Gasteiger charge is -2.23. The molecule has 0 saturated heterocycles. The number of nitrogens with two attached hydrogens (primary N) is 1. The number of methoxy groups -OCH3 is 2. The number of aromatic amines is 2. The van der Waals surface area contributed by atoms with Crippen LogP contribution in [-0.2, 0) is 55.8 Å². The highest BCUT2D eigenvalue weighted by molar-refractivity contribution is 5.93. The number of hydrogen-bond acceptors (Lipinski definition) is 11. The van der Waals surface area contributed by atoms with E-state index in [0.29, 0.717) is 6.61 Å². The smallest absolute Gasteiger partial charge is 0.328 e. The van der Waals surface area contributed by atoms with Gasteiger partial charge in [-0.25, -0.2) is 14.6 Å². The van der Waals surface area contributed by atoms with Gasteiger partial charge in [-0.2, -0.15) is 0 Å². The van der Waals surface area contributed by atoms with Crippen LogP contribution in [0.15, 0.2) is 65.9 Å². The van der Waals surface area contributed by atoms with Gasteiger partial charge in [-0.15, -0.1) is 0 Å². The third-order valence-electron chi connectivity index (χ3n) is 10.4. The molecule has 2 aromatic heterocycles. The molecule has 0 aliphatic rings. The normalized spacial score (nSPS) is 13.0. The van der Waals surface area contributed by atoms with E-state index in [1.165, 1.54) is 52.7 Å². The van der Waals surface area contributed by atoms with E-state index < -0.39 is 59.0 Å². The van der Waals surface area contributed by atoms with Crippen LogP contribution in [0.3, 0.4) is 0 Å². The van der Waals surface area contributed by atoms with Gasteiger partial charge in [0.1, 0.15) is 18.1 Å². The molecule has 0 radical (unpaired) electrons. The molecule has 19 heteroatoms. The van der Waals surface area contributed by atoms with Crippen LogP contribution >= 0.6 is 0 Å². The number of rotatable bonds is 24. The number of carbonyl (C=O) groups excluding carboxylic acids is 6. The van der Waals surface area contributed by atoms with Gasteiger partial charge in [0.15, 0.2) is 6.40 Å². The summed E-state index contributed by atoms with van der Waals surface area (Å²) in [5.74, 6) is -3.14. The standard InChI is InChI=1S/C30H46N4O5.C20H28N4O4.2H2O/c1-6-7-8-9-10-11-14-17-39-21-32-25(18-22-20-31-24-16-13-12-15-23(22)24)28(36)33-26(29(37)38-5)19-27(35)34-30(2,3)4;1-20(2,3)24-17(25)10-16(19(27)28-4)23-18(26)14(21)9-12-11-22-15-8-6-5-7-13(12)15;;/h12-13,15-16,20-21,25-26,31H,6-11,14,17-19H2,1-5H3,(H,33,36)(H,34,35);5-8,11,14,16,22H,9-10,21H2,1-4H3,(H,23,26)(H,24,25);2*1H2/t25-,26-;14-,16-;;/m00../s1. The van der Waals surface area contributed by atoms with Crippen LogP contribution in [0.5, 0.6) is 0 Å². The molecule has 4 aromatic rings. The molecule has 4 atom stereocenters. The van der Waals surface area contributed by atoms with Crippen molar-refractivity contribution in [1.29, 1.82) is 0 Å². The molecule has 384 valence electrons. The van der Waals surface area contributed by atoms with Crippen molar-refractivity contribution in [3.63, 3.8) is 0 Å². The van der Waals surface area contributed by atoms with E-state index in [-0.39, 0.29) is 48.5 Å². The van der Waals surface area contributed by atoms with Gasteiger partial charge >= 0.3 is 11.9 Å². The Hall–Kier alpha value is -6.31. The summed E-state index contributed by atoms with van der Waals surface area (Å²) >= 11 is 0. The fraction of sp³-hybridized carbons (Fsp3) is 0.540. The lowest BCUT2D eigenvalue weighted by molar-refractivity contribution is -0.147. The second-order valence-electron chi connectivity index (χ2n) is 18.7. The van der Waals surface area contributed by atoms with Crippen LogP contribution in [0.4, 0.5) is 0 Å². The Morgan fingerprint density at radius 3 is 1.55 bits per heavy atom. The molecule has 12 N–H and O–H groups in total. The monoisotopic (exact) mass is 967 g/mol. The first-order chi connectivity index (χ1) is 31.7. The van der Waals surface area contributed by atoms with Gasteiger partial charge in [-0.05, 0) is 77.6 Å². The number of hydrogen-bond donors (Lipinski definition) is 7. The Bertz CT molecular complexity index is 2240. The van der Waals surface area contributed by atoms with Gasteiger partial charge in [0.25, 0.3) is 0 Å². The predicted octanol–water partition coefficient (Wildman–Crippen LogP) is 4.19. The average Bonchev–Trinajstić information content (AvgIpc) is 3.88. The molecule has 69 heavy (non-hydrogen) atoms. The van der Waals surface area contributed by atoms with Gasteiger partial charge in [0, 0.05) is 51.7 Å². The van der Waals surface area contributed by atoms with Crippen molar-refractivity contribution in [3.05, 3.63) is 72.1 Å². The summed E-state index contributed by atoms with van der Waals surface area (Å²) in [5.41, 5.74) is 8.84. The molecule has 0 aliphatic heterocycles. The number of aromatic nitrogens is 2. The second kappa shape index (κ2) is 30.2. The lowest BCUT2D eigenvalue weighted by Crippen LogP contribution is -2.52. The number of fused-ring (bicyclic) bond motifs is 2. The Balaban J connectivity index is 0.000000704. The maximum atomic E-state index is 13.4. The van der Waals surface area contributed by atoms with Crippen molar-refractivity contribution in [3.8, 4) is 0 Å². The number of para-hydroxylation sites is 2. The zero-order valence-corrected chi connectivity index (χ0v) is 41.8. The molecule has 0 bridgehead atoms. The third kappa shape index (κ3) is 22.1. The number of H-pyrrole nitrogens is 2. The molecule has 0 unspecified atom stereocenters.